The summed E-state index contributed by atoms with van der Waals surface area (Å²) in [4.78, 5) is 0. The maximum absolute atomic E-state index is 9.09. The van der Waals surface area contributed by atoms with Crippen LogP contribution >= 0.6 is 11.5 Å². The lowest BCUT2D eigenvalue weighted by atomic mass is 10.1. The van der Waals surface area contributed by atoms with Crippen molar-refractivity contribution in [2.45, 2.75) is 38.3 Å². The topological polar surface area (TPSA) is 57.9 Å². The van der Waals surface area contributed by atoms with Gasteiger partial charge in [0.15, 0.2) is 0 Å². The molecule has 1 aromatic heterocycles. The van der Waals surface area contributed by atoms with E-state index in [1.807, 2.05) is 6.92 Å². The minimum Gasteiger partial charge on any atom is -0.376 e. The molecule has 2 atom stereocenters. The number of rotatable bonds is 3. The Hall–Kier alpha value is -1.12. The SMILES string of the molecule is Cc1nsc(NC2CCOC2C2CC2)c1C#N. The van der Waals surface area contributed by atoms with E-state index in [4.69, 9.17) is 10.00 Å². The Morgan fingerprint density at radius 3 is 3.00 bits per heavy atom. The van der Waals surface area contributed by atoms with E-state index in [9.17, 15) is 0 Å². The van der Waals surface area contributed by atoms with Crippen LogP contribution in [0.2, 0.25) is 0 Å². The monoisotopic (exact) mass is 249 g/mol. The van der Waals surface area contributed by atoms with Crippen molar-refractivity contribution in [3.8, 4) is 6.07 Å². The molecule has 1 saturated carbocycles. The van der Waals surface area contributed by atoms with E-state index in [0.29, 0.717) is 17.7 Å². The Labute approximate surface area is 105 Å². The van der Waals surface area contributed by atoms with Crippen LogP contribution in [0.1, 0.15) is 30.5 Å². The number of anilines is 1. The molecule has 2 heterocycles. The molecule has 3 rings (SSSR count). The van der Waals surface area contributed by atoms with E-state index < -0.39 is 0 Å². The predicted molar refractivity (Wildman–Crippen MR) is 66.1 cm³/mol. The summed E-state index contributed by atoms with van der Waals surface area (Å²) in [5, 5.41) is 13.5. The van der Waals surface area contributed by atoms with E-state index in [-0.39, 0.29) is 0 Å². The summed E-state index contributed by atoms with van der Waals surface area (Å²) in [7, 11) is 0. The first-order chi connectivity index (χ1) is 8.29. The molecule has 1 N–H and O–H groups in total. The largest absolute Gasteiger partial charge is 0.376 e. The van der Waals surface area contributed by atoms with Crippen molar-refractivity contribution in [1.82, 2.24) is 4.37 Å². The molecule has 1 aromatic rings. The third kappa shape index (κ3) is 2.03. The Morgan fingerprint density at radius 1 is 1.47 bits per heavy atom. The Kier molecular flexibility index (Phi) is 2.77. The standard InChI is InChI=1S/C12H15N3OS/c1-7-9(6-13)12(17-15-7)14-10-4-5-16-11(10)8-2-3-8/h8,10-11,14H,2-5H2,1H3. The van der Waals surface area contributed by atoms with Crippen LogP contribution in [0.3, 0.4) is 0 Å². The van der Waals surface area contributed by atoms with E-state index >= 15 is 0 Å². The van der Waals surface area contributed by atoms with Gasteiger partial charge in [0.2, 0.25) is 0 Å². The summed E-state index contributed by atoms with van der Waals surface area (Å²) in [5.41, 5.74) is 1.51. The van der Waals surface area contributed by atoms with Crippen molar-refractivity contribution in [2.75, 3.05) is 11.9 Å². The van der Waals surface area contributed by atoms with Gasteiger partial charge in [-0.05, 0) is 43.6 Å². The van der Waals surface area contributed by atoms with Gasteiger partial charge in [-0.2, -0.15) is 9.64 Å². The molecular formula is C12H15N3OS. The molecule has 1 saturated heterocycles. The molecule has 17 heavy (non-hydrogen) atoms. The van der Waals surface area contributed by atoms with E-state index in [2.05, 4.69) is 15.8 Å². The lowest BCUT2D eigenvalue weighted by Gasteiger charge is -2.19. The lowest BCUT2D eigenvalue weighted by Crippen LogP contribution is -2.30. The second-order valence-electron chi connectivity index (χ2n) is 4.80. The first-order valence-corrected chi connectivity index (χ1v) is 6.81. The van der Waals surface area contributed by atoms with Crippen molar-refractivity contribution < 1.29 is 4.74 Å². The summed E-state index contributed by atoms with van der Waals surface area (Å²) in [6, 6.07) is 2.58. The maximum Gasteiger partial charge on any atom is 0.128 e. The fraction of sp³-hybridized carbons (Fsp3) is 0.667. The van der Waals surface area contributed by atoms with Crippen LogP contribution < -0.4 is 5.32 Å². The third-order valence-electron chi connectivity index (χ3n) is 3.51. The lowest BCUT2D eigenvalue weighted by molar-refractivity contribution is 0.0899. The molecule has 4 nitrogen and oxygen atoms in total. The van der Waals surface area contributed by atoms with Crippen LogP contribution in [-0.4, -0.2) is 23.1 Å². The number of aromatic nitrogens is 1. The molecule has 2 aliphatic rings. The van der Waals surface area contributed by atoms with Crippen LogP contribution in [-0.2, 0) is 4.74 Å². The van der Waals surface area contributed by atoms with Gasteiger partial charge in [-0.15, -0.1) is 0 Å². The van der Waals surface area contributed by atoms with Crippen LogP contribution in [0.25, 0.3) is 0 Å². The molecule has 0 spiro atoms. The average Bonchev–Trinajstić information content (AvgIpc) is 2.97. The number of hydrogen-bond acceptors (Lipinski definition) is 5. The molecular weight excluding hydrogens is 234 g/mol. The van der Waals surface area contributed by atoms with E-state index in [1.54, 1.807) is 0 Å². The fourth-order valence-corrected chi connectivity index (χ4v) is 3.23. The molecule has 1 aliphatic heterocycles. The Balaban J connectivity index is 1.75. The zero-order chi connectivity index (χ0) is 11.8. The van der Waals surface area contributed by atoms with Gasteiger partial charge in [-0.3, -0.25) is 0 Å². The summed E-state index contributed by atoms with van der Waals surface area (Å²) >= 11 is 1.38. The van der Waals surface area contributed by atoms with Crippen molar-refractivity contribution in [2.24, 2.45) is 5.92 Å². The van der Waals surface area contributed by atoms with Crippen molar-refractivity contribution in [1.29, 1.82) is 5.26 Å². The number of nitrogens with one attached hydrogen (secondary N) is 1. The summed E-state index contributed by atoms with van der Waals surface area (Å²) in [6.07, 6.45) is 3.94. The van der Waals surface area contributed by atoms with Crippen LogP contribution in [0.5, 0.6) is 0 Å². The highest BCUT2D eigenvalue weighted by Crippen LogP contribution is 2.40. The number of hydrogen-bond donors (Lipinski definition) is 1. The minimum absolute atomic E-state index is 0.337. The Morgan fingerprint density at radius 2 is 2.29 bits per heavy atom. The third-order valence-corrected chi connectivity index (χ3v) is 4.38. The van der Waals surface area contributed by atoms with Crippen molar-refractivity contribution >= 4 is 16.5 Å². The van der Waals surface area contributed by atoms with Gasteiger partial charge in [0.1, 0.15) is 16.6 Å². The van der Waals surface area contributed by atoms with Gasteiger partial charge < -0.3 is 10.1 Å². The summed E-state index contributed by atoms with van der Waals surface area (Å²) in [5.74, 6) is 0.731. The zero-order valence-corrected chi connectivity index (χ0v) is 10.6. The van der Waals surface area contributed by atoms with Crippen molar-refractivity contribution in [3.63, 3.8) is 0 Å². The maximum atomic E-state index is 9.09. The molecule has 2 unspecified atom stereocenters. The van der Waals surface area contributed by atoms with Gasteiger partial charge in [0.05, 0.1) is 17.8 Å². The summed E-state index contributed by atoms with van der Waals surface area (Å²) < 4.78 is 10.0. The van der Waals surface area contributed by atoms with Crippen LogP contribution in [0.4, 0.5) is 5.00 Å². The first-order valence-electron chi connectivity index (χ1n) is 6.04. The highest BCUT2D eigenvalue weighted by molar-refractivity contribution is 7.10. The number of ether oxygens (including phenoxy) is 1. The smallest absolute Gasteiger partial charge is 0.128 e. The highest BCUT2D eigenvalue weighted by Gasteiger charge is 2.41. The second-order valence-corrected chi connectivity index (χ2v) is 5.57. The summed E-state index contributed by atoms with van der Waals surface area (Å²) in [6.45, 7) is 2.71. The Bertz CT molecular complexity index is 461. The quantitative estimate of drug-likeness (QED) is 0.893. The first kappa shape index (κ1) is 11.0. The van der Waals surface area contributed by atoms with E-state index in [1.165, 1.54) is 24.4 Å². The molecule has 1 aliphatic carbocycles. The van der Waals surface area contributed by atoms with Crippen LogP contribution in [0.15, 0.2) is 0 Å². The van der Waals surface area contributed by atoms with E-state index in [0.717, 1.165) is 29.6 Å². The number of nitrogens with zero attached hydrogens (tertiary/aromatic N) is 2. The molecule has 90 valence electrons. The van der Waals surface area contributed by atoms with Gasteiger partial charge in [0.25, 0.3) is 0 Å². The van der Waals surface area contributed by atoms with Gasteiger partial charge in [0, 0.05) is 6.61 Å². The molecule has 0 aromatic carbocycles. The predicted octanol–water partition coefficient (Wildman–Crippen LogP) is 2.30. The molecule has 0 amide bonds. The zero-order valence-electron chi connectivity index (χ0n) is 9.77. The average molecular weight is 249 g/mol. The second kappa shape index (κ2) is 4.28. The van der Waals surface area contributed by atoms with Gasteiger partial charge in [-0.25, -0.2) is 0 Å². The molecule has 0 bridgehead atoms. The fourth-order valence-electron chi connectivity index (χ4n) is 2.42. The molecule has 5 heteroatoms. The van der Waals surface area contributed by atoms with Crippen LogP contribution in [0, 0.1) is 24.2 Å². The minimum atomic E-state index is 0.337. The molecule has 2 fully saturated rings. The van der Waals surface area contributed by atoms with Gasteiger partial charge in [-0.1, -0.05) is 0 Å². The highest BCUT2D eigenvalue weighted by atomic mass is 32.1. The molecule has 0 radical (unpaired) electrons. The van der Waals surface area contributed by atoms with Crippen molar-refractivity contribution in [3.05, 3.63) is 11.3 Å². The number of nitriles is 1. The van der Waals surface area contributed by atoms with Gasteiger partial charge >= 0.3 is 0 Å². The number of aryl methyl sites for hydroxylation is 1. The normalized spacial score (nSPS) is 28.0.